The van der Waals surface area contributed by atoms with Crippen LogP contribution in [0, 0.1) is 11.7 Å². The molecule has 0 aromatic heterocycles. The average Bonchev–Trinajstić information content (AvgIpc) is 3.21. The summed E-state index contributed by atoms with van der Waals surface area (Å²) in [7, 11) is 0. The first-order valence-corrected chi connectivity index (χ1v) is 6.95. The number of nitrogens with one attached hydrogen (secondary N) is 1. The molecule has 5 heteroatoms. The Bertz CT molecular complexity index is 487. The number of amides is 1. The summed E-state index contributed by atoms with van der Waals surface area (Å²) in [6.07, 6.45) is 2.33. The van der Waals surface area contributed by atoms with Crippen LogP contribution in [0.5, 0.6) is 5.75 Å². The number of nitrogens with two attached hydrogens (primary N) is 1. The van der Waals surface area contributed by atoms with Crippen LogP contribution in [0.1, 0.15) is 38.3 Å². The zero-order chi connectivity index (χ0) is 14.7. The van der Waals surface area contributed by atoms with E-state index in [-0.39, 0.29) is 17.7 Å². The van der Waals surface area contributed by atoms with Gasteiger partial charge in [0, 0.05) is 0 Å². The first kappa shape index (κ1) is 14.8. The third-order valence-electron chi connectivity index (χ3n) is 3.40. The zero-order valence-corrected chi connectivity index (χ0v) is 11.9. The fourth-order valence-electron chi connectivity index (χ4n) is 1.82. The molecule has 2 atom stereocenters. The van der Waals surface area contributed by atoms with Crippen LogP contribution in [0.15, 0.2) is 18.2 Å². The maximum atomic E-state index is 13.9. The highest BCUT2D eigenvalue weighted by molar-refractivity contribution is 5.81. The van der Waals surface area contributed by atoms with E-state index in [0.29, 0.717) is 18.1 Å². The number of benzene rings is 1. The van der Waals surface area contributed by atoms with E-state index in [9.17, 15) is 9.18 Å². The maximum Gasteiger partial charge on any atom is 0.237 e. The summed E-state index contributed by atoms with van der Waals surface area (Å²) >= 11 is 0. The van der Waals surface area contributed by atoms with Crippen molar-refractivity contribution in [1.29, 1.82) is 0 Å². The zero-order valence-electron chi connectivity index (χ0n) is 11.9. The molecule has 0 spiro atoms. The Morgan fingerprint density at radius 2 is 2.20 bits per heavy atom. The lowest BCUT2D eigenvalue weighted by Gasteiger charge is -2.17. The lowest BCUT2D eigenvalue weighted by Crippen LogP contribution is -2.39. The number of ether oxygens (including phenoxy) is 1. The van der Waals surface area contributed by atoms with E-state index in [1.807, 2.05) is 0 Å². The lowest BCUT2D eigenvalue weighted by molar-refractivity contribution is -0.122. The highest BCUT2D eigenvalue weighted by atomic mass is 19.1. The Morgan fingerprint density at radius 3 is 2.75 bits per heavy atom. The van der Waals surface area contributed by atoms with Crippen LogP contribution in [-0.2, 0) is 4.79 Å². The molecular formula is C15H21FN2O2. The molecule has 1 saturated carbocycles. The second-order valence-corrected chi connectivity index (χ2v) is 5.46. The quantitative estimate of drug-likeness (QED) is 0.839. The van der Waals surface area contributed by atoms with Gasteiger partial charge < -0.3 is 15.8 Å². The third-order valence-corrected chi connectivity index (χ3v) is 3.40. The van der Waals surface area contributed by atoms with Gasteiger partial charge in [0.05, 0.1) is 18.7 Å². The number of carbonyl (C=O) groups is 1. The van der Waals surface area contributed by atoms with E-state index >= 15 is 0 Å². The van der Waals surface area contributed by atoms with Crippen LogP contribution >= 0.6 is 0 Å². The molecule has 0 bridgehead atoms. The molecule has 2 rings (SSSR count). The summed E-state index contributed by atoms with van der Waals surface area (Å²) < 4.78 is 19.3. The van der Waals surface area contributed by atoms with Crippen LogP contribution in [0.2, 0.25) is 0 Å². The molecule has 20 heavy (non-hydrogen) atoms. The van der Waals surface area contributed by atoms with Gasteiger partial charge in [-0.2, -0.15) is 0 Å². The van der Waals surface area contributed by atoms with Crippen LogP contribution in [0.3, 0.4) is 0 Å². The molecule has 1 fully saturated rings. The summed E-state index contributed by atoms with van der Waals surface area (Å²) in [4.78, 5) is 11.5. The van der Waals surface area contributed by atoms with Crippen molar-refractivity contribution in [1.82, 2.24) is 5.32 Å². The van der Waals surface area contributed by atoms with Gasteiger partial charge in [0.25, 0.3) is 0 Å². The van der Waals surface area contributed by atoms with Crippen LogP contribution in [-0.4, -0.2) is 18.6 Å². The second-order valence-electron chi connectivity index (χ2n) is 5.46. The molecule has 3 N–H and O–H groups in total. The van der Waals surface area contributed by atoms with Crippen molar-refractivity contribution in [3.05, 3.63) is 29.6 Å². The van der Waals surface area contributed by atoms with Gasteiger partial charge in [-0.15, -0.1) is 0 Å². The summed E-state index contributed by atoms with van der Waals surface area (Å²) in [6, 6.07) is 3.90. The van der Waals surface area contributed by atoms with E-state index in [0.717, 1.165) is 0 Å². The number of halogens is 1. The highest BCUT2D eigenvalue weighted by Gasteiger charge is 2.22. The Kier molecular flexibility index (Phi) is 4.60. The average molecular weight is 280 g/mol. The Hall–Kier alpha value is -1.62. The molecule has 0 saturated heterocycles. The Balaban J connectivity index is 1.97. The molecule has 1 aromatic carbocycles. The molecule has 0 heterocycles. The Morgan fingerprint density at radius 1 is 1.50 bits per heavy atom. The summed E-state index contributed by atoms with van der Waals surface area (Å²) in [6.45, 7) is 3.98. The van der Waals surface area contributed by atoms with Gasteiger partial charge >= 0.3 is 0 Å². The van der Waals surface area contributed by atoms with E-state index in [2.05, 4.69) is 5.32 Å². The molecule has 1 amide bonds. The fourth-order valence-corrected chi connectivity index (χ4v) is 1.82. The molecule has 1 unspecified atom stereocenters. The van der Waals surface area contributed by atoms with Crippen molar-refractivity contribution < 1.29 is 13.9 Å². The van der Waals surface area contributed by atoms with E-state index in [4.69, 9.17) is 10.5 Å². The number of carbonyl (C=O) groups excluding carboxylic acids is 1. The summed E-state index contributed by atoms with van der Waals surface area (Å²) in [5, 5.41) is 2.73. The van der Waals surface area contributed by atoms with Gasteiger partial charge in [-0.05, 0) is 50.3 Å². The van der Waals surface area contributed by atoms with E-state index in [1.165, 1.54) is 18.9 Å². The predicted molar refractivity (Wildman–Crippen MR) is 74.8 cm³/mol. The third kappa shape index (κ3) is 3.93. The Labute approximate surface area is 118 Å². The first-order chi connectivity index (χ1) is 9.47. The fraction of sp³-hybridized carbons (Fsp3) is 0.533. The van der Waals surface area contributed by atoms with Crippen molar-refractivity contribution in [3.8, 4) is 5.75 Å². The molecule has 4 nitrogen and oxygen atoms in total. The lowest BCUT2D eigenvalue weighted by atomic mass is 10.1. The van der Waals surface area contributed by atoms with Gasteiger partial charge in [0.2, 0.25) is 5.91 Å². The number of rotatable bonds is 6. The van der Waals surface area contributed by atoms with Gasteiger partial charge in [-0.1, -0.05) is 6.07 Å². The van der Waals surface area contributed by atoms with Crippen LogP contribution in [0.4, 0.5) is 4.39 Å². The molecule has 0 aliphatic heterocycles. The minimum atomic E-state index is -0.580. The number of hydrogen-bond donors (Lipinski definition) is 2. The summed E-state index contributed by atoms with van der Waals surface area (Å²) in [5.41, 5.74) is 6.17. The monoisotopic (exact) mass is 280 g/mol. The van der Waals surface area contributed by atoms with Gasteiger partial charge in [-0.3, -0.25) is 4.79 Å². The molecule has 1 aliphatic rings. The maximum absolute atomic E-state index is 13.9. The van der Waals surface area contributed by atoms with Gasteiger partial charge in [0.1, 0.15) is 0 Å². The van der Waals surface area contributed by atoms with Gasteiger partial charge in [-0.25, -0.2) is 4.39 Å². The van der Waals surface area contributed by atoms with Gasteiger partial charge in [0.15, 0.2) is 11.6 Å². The second kappa shape index (κ2) is 6.22. The topological polar surface area (TPSA) is 64.4 Å². The first-order valence-electron chi connectivity index (χ1n) is 6.95. The smallest absolute Gasteiger partial charge is 0.237 e. The minimum absolute atomic E-state index is 0.257. The minimum Gasteiger partial charge on any atom is -0.490 e. The van der Waals surface area contributed by atoms with Crippen LogP contribution in [0.25, 0.3) is 0 Å². The number of hydrogen-bond acceptors (Lipinski definition) is 3. The molecule has 1 aliphatic carbocycles. The normalized spacial score (nSPS) is 17.4. The largest absolute Gasteiger partial charge is 0.490 e. The molecular weight excluding hydrogens is 259 g/mol. The van der Waals surface area contributed by atoms with E-state index < -0.39 is 11.9 Å². The molecule has 110 valence electrons. The van der Waals surface area contributed by atoms with Crippen molar-refractivity contribution in [2.75, 3.05) is 6.61 Å². The molecule has 0 radical (unpaired) electrons. The molecule has 1 aromatic rings. The predicted octanol–water partition coefficient (Wildman–Crippen LogP) is 2.14. The van der Waals surface area contributed by atoms with Crippen LogP contribution < -0.4 is 15.8 Å². The van der Waals surface area contributed by atoms with Crippen molar-refractivity contribution in [2.24, 2.45) is 11.7 Å². The van der Waals surface area contributed by atoms with Crippen molar-refractivity contribution in [2.45, 2.75) is 38.8 Å². The standard InChI is InChI=1S/C15H21FN2O2/c1-9(17)15(19)18-10(2)12-5-6-14(13(16)7-12)20-8-11-3-4-11/h5-7,9-11H,3-4,8,17H2,1-2H3,(H,18,19)/t9-,10?/m1/s1. The SMILES string of the molecule is CC(NC(=O)[C@@H](C)N)c1ccc(OCC2CC2)c(F)c1. The van der Waals surface area contributed by atoms with E-state index in [1.54, 1.807) is 26.0 Å². The van der Waals surface area contributed by atoms with Crippen molar-refractivity contribution in [3.63, 3.8) is 0 Å². The van der Waals surface area contributed by atoms with Crippen molar-refractivity contribution >= 4 is 5.91 Å². The summed E-state index contributed by atoms with van der Waals surface area (Å²) in [5.74, 6) is 0.196. The highest BCUT2D eigenvalue weighted by Crippen LogP contribution is 2.30.